The highest BCUT2D eigenvalue weighted by molar-refractivity contribution is 5.83. The predicted molar refractivity (Wildman–Crippen MR) is 95.7 cm³/mol. The molecular formula is C20H21F2NO4. The van der Waals surface area contributed by atoms with Gasteiger partial charge in [0.2, 0.25) is 5.91 Å². The van der Waals surface area contributed by atoms with Crippen molar-refractivity contribution in [1.29, 1.82) is 0 Å². The Morgan fingerprint density at radius 1 is 1.04 bits per heavy atom. The number of alkyl halides is 2. The van der Waals surface area contributed by atoms with E-state index in [9.17, 15) is 23.5 Å². The number of aliphatic carboxylic acids is 1. The summed E-state index contributed by atoms with van der Waals surface area (Å²) in [7, 11) is 1.48. The predicted octanol–water partition coefficient (Wildman–Crippen LogP) is 3.37. The van der Waals surface area contributed by atoms with Crippen LogP contribution < -0.4 is 4.74 Å². The number of likely N-dealkylation sites (N-methyl/N-ethyl adjacent to an activating group) is 1. The Bertz CT molecular complexity index is 750. The summed E-state index contributed by atoms with van der Waals surface area (Å²) in [6, 6.07) is 14.2. The normalized spacial score (nSPS) is 11.9. The van der Waals surface area contributed by atoms with Gasteiger partial charge in [-0.1, -0.05) is 42.5 Å². The maximum absolute atomic E-state index is 12.4. The Labute approximate surface area is 156 Å². The molecule has 0 saturated heterocycles. The molecule has 0 aliphatic carbocycles. The van der Waals surface area contributed by atoms with Crippen molar-refractivity contribution in [2.75, 3.05) is 7.05 Å². The van der Waals surface area contributed by atoms with E-state index in [1.807, 2.05) is 30.3 Å². The summed E-state index contributed by atoms with van der Waals surface area (Å²) < 4.78 is 28.6. The number of carboxylic acids is 1. The number of carboxylic acid groups (broad SMARTS) is 1. The van der Waals surface area contributed by atoms with Crippen LogP contribution in [0.2, 0.25) is 0 Å². The number of hydrogen-bond acceptors (Lipinski definition) is 3. The van der Waals surface area contributed by atoms with Crippen molar-refractivity contribution in [2.24, 2.45) is 0 Å². The minimum Gasteiger partial charge on any atom is -0.480 e. The fraction of sp³-hybridized carbons (Fsp3) is 0.300. The molecule has 2 aromatic carbocycles. The van der Waals surface area contributed by atoms with Crippen LogP contribution in [0.25, 0.3) is 0 Å². The van der Waals surface area contributed by atoms with Gasteiger partial charge in [0.1, 0.15) is 11.8 Å². The molecular weight excluding hydrogens is 356 g/mol. The van der Waals surface area contributed by atoms with E-state index in [2.05, 4.69) is 4.74 Å². The quantitative estimate of drug-likeness (QED) is 0.728. The summed E-state index contributed by atoms with van der Waals surface area (Å²) in [5.74, 6) is -1.32. The molecule has 2 rings (SSSR count). The van der Waals surface area contributed by atoms with Crippen LogP contribution >= 0.6 is 0 Å². The topological polar surface area (TPSA) is 66.8 Å². The van der Waals surface area contributed by atoms with Gasteiger partial charge in [-0.05, 0) is 29.7 Å². The second-order valence-electron chi connectivity index (χ2n) is 6.07. The second kappa shape index (κ2) is 9.66. The number of hydrogen-bond donors (Lipinski definition) is 1. The molecule has 144 valence electrons. The van der Waals surface area contributed by atoms with Crippen LogP contribution in [0.5, 0.6) is 5.75 Å². The Morgan fingerprint density at radius 3 is 2.22 bits per heavy atom. The molecule has 7 heteroatoms. The lowest BCUT2D eigenvalue weighted by molar-refractivity contribution is -0.149. The summed E-state index contributed by atoms with van der Waals surface area (Å²) in [5.41, 5.74) is 1.60. The van der Waals surface area contributed by atoms with Gasteiger partial charge < -0.3 is 14.7 Å². The van der Waals surface area contributed by atoms with Crippen molar-refractivity contribution in [3.63, 3.8) is 0 Å². The summed E-state index contributed by atoms with van der Waals surface area (Å²) >= 11 is 0. The minimum absolute atomic E-state index is 0.0472. The van der Waals surface area contributed by atoms with Crippen molar-refractivity contribution in [3.05, 3.63) is 65.7 Å². The third kappa shape index (κ3) is 6.36. The van der Waals surface area contributed by atoms with Gasteiger partial charge in [-0.3, -0.25) is 4.79 Å². The number of aryl methyl sites for hydroxylation is 1. The molecule has 0 aliphatic heterocycles. The molecule has 0 spiro atoms. The van der Waals surface area contributed by atoms with Gasteiger partial charge in [-0.25, -0.2) is 4.79 Å². The Balaban J connectivity index is 1.93. The largest absolute Gasteiger partial charge is 0.480 e. The van der Waals surface area contributed by atoms with E-state index in [1.165, 1.54) is 24.1 Å². The summed E-state index contributed by atoms with van der Waals surface area (Å²) in [6.45, 7) is -2.89. The number of nitrogens with zero attached hydrogens (tertiary/aromatic N) is 1. The minimum atomic E-state index is -2.89. The molecule has 1 amide bonds. The molecule has 0 saturated carbocycles. The molecule has 0 aliphatic rings. The molecule has 2 aromatic rings. The third-order valence-corrected chi connectivity index (χ3v) is 4.19. The monoisotopic (exact) mass is 377 g/mol. The highest BCUT2D eigenvalue weighted by Crippen LogP contribution is 2.16. The number of ether oxygens (including phenoxy) is 1. The van der Waals surface area contributed by atoms with E-state index >= 15 is 0 Å². The third-order valence-electron chi connectivity index (χ3n) is 4.19. The van der Waals surface area contributed by atoms with E-state index in [0.29, 0.717) is 6.42 Å². The Hall–Kier alpha value is -2.96. The molecule has 1 N–H and O–H groups in total. The first-order valence-corrected chi connectivity index (χ1v) is 8.43. The van der Waals surface area contributed by atoms with Crippen molar-refractivity contribution < 1.29 is 28.2 Å². The van der Waals surface area contributed by atoms with Crippen molar-refractivity contribution in [2.45, 2.75) is 31.9 Å². The number of carbonyl (C=O) groups is 2. The van der Waals surface area contributed by atoms with E-state index in [1.54, 1.807) is 12.1 Å². The molecule has 0 radical (unpaired) electrons. The molecule has 27 heavy (non-hydrogen) atoms. The number of rotatable bonds is 9. The van der Waals surface area contributed by atoms with Crippen molar-refractivity contribution >= 4 is 11.9 Å². The molecule has 0 aromatic heterocycles. The molecule has 0 heterocycles. The Kier molecular flexibility index (Phi) is 7.28. The van der Waals surface area contributed by atoms with Gasteiger partial charge in [0.25, 0.3) is 0 Å². The second-order valence-corrected chi connectivity index (χ2v) is 6.07. The van der Waals surface area contributed by atoms with E-state index in [-0.39, 0.29) is 24.5 Å². The maximum atomic E-state index is 12.4. The van der Waals surface area contributed by atoms with Crippen LogP contribution in [-0.4, -0.2) is 41.6 Å². The highest BCUT2D eigenvalue weighted by atomic mass is 19.3. The van der Waals surface area contributed by atoms with Crippen LogP contribution in [0.1, 0.15) is 17.5 Å². The van der Waals surface area contributed by atoms with Gasteiger partial charge in [0.15, 0.2) is 0 Å². The average molecular weight is 377 g/mol. The number of carbonyl (C=O) groups excluding carboxylic acids is 1. The van der Waals surface area contributed by atoms with Crippen molar-refractivity contribution in [1.82, 2.24) is 4.90 Å². The molecule has 5 nitrogen and oxygen atoms in total. The molecule has 0 fully saturated rings. The zero-order valence-corrected chi connectivity index (χ0v) is 14.8. The first-order valence-electron chi connectivity index (χ1n) is 8.43. The van der Waals surface area contributed by atoms with Crippen LogP contribution in [0.3, 0.4) is 0 Å². The zero-order valence-electron chi connectivity index (χ0n) is 14.8. The summed E-state index contributed by atoms with van der Waals surface area (Å²) in [5, 5.41) is 9.47. The first kappa shape index (κ1) is 20.4. The molecule has 0 bridgehead atoms. The number of amides is 1. The zero-order chi connectivity index (χ0) is 19.8. The average Bonchev–Trinajstić information content (AvgIpc) is 2.65. The van der Waals surface area contributed by atoms with Crippen LogP contribution in [0.15, 0.2) is 54.6 Å². The first-order chi connectivity index (χ1) is 12.9. The van der Waals surface area contributed by atoms with Crippen molar-refractivity contribution in [3.8, 4) is 5.75 Å². The maximum Gasteiger partial charge on any atom is 0.387 e. The van der Waals surface area contributed by atoms with E-state index in [4.69, 9.17) is 0 Å². The van der Waals surface area contributed by atoms with Gasteiger partial charge in [-0.2, -0.15) is 8.78 Å². The Morgan fingerprint density at radius 2 is 1.67 bits per heavy atom. The fourth-order valence-electron chi connectivity index (χ4n) is 2.67. The lowest BCUT2D eigenvalue weighted by atomic mass is 10.0. The summed E-state index contributed by atoms with van der Waals surface area (Å²) in [4.78, 5) is 25.2. The smallest absolute Gasteiger partial charge is 0.387 e. The number of halogens is 2. The van der Waals surface area contributed by atoms with Crippen LogP contribution in [-0.2, 0) is 22.4 Å². The van der Waals surface area contributed by atoms with Gasteiger partial charge >= 0.3 is 12.6 Å². The molecule has 1 atom stereocenters. The SMILES string of the molecule is CN(C(=O)CCc1ccc(OC(F)F)cc1)C(Cc1ccccc1)C(=O)O. The summed E-state index contributed by atoms with van der Waals surface area (Å²) in [6.07, 6.45) is 0.706. The lowest BCUT2D eigenvalue weighted by Gasteiger charge is -2.25. The van der Waals surface area contributed by atoms with E-state index in [0.717, 1.165) is 11.1 Å². The van der Waals surface area contributed by atoms with Crippen LogP contribution in [0, 0.1) is 0 Å². The standard InChI is InChI=1S/C20H21F2NO4/c1-23(17(19(25)26)13-15-5-3-2-4-6-15)18(24)12-9-14-7-10-16(11-8-14)27-20(21)22/h2-8,10-11,17,20H,9,12-13H2,1H3,(H,25,26). The van der Waals surface area contributed by atoms with Gasteiger partial charge in [0.05, 0.1) is 0 Å². The highest BCUT2D eigenvalue weighted by Gasteiger charge is 2.26. The van der Waals surface area contributed by atoms with Gasteiger partial charge in [0, 0.05) is 19.9 Å². The fourth-order valence-corrected chi connectivity index (χ4v) is 2.67. The van der Waals surface area contributed by atoms with Gasteiger partial charge in [-0.15, -0.1) is 0 Å². The van der Waals surface area contributed by atoms with Crippen LogP contribution in [0.4, 0.5) is 8.78 Å². The van der Waals surface area contributed by atoms with E-state index < -0.39 is 18.6 Å². The molecule has 1 unspecified atom stereocenters. The number of benzene rings is 2. The lowest BCUT2D eigenvalue weighted by Crippen LogP contribution is -2.43.